The Morgan fingerprint density at radius 1 is 1.06 bits per heavy atom. The second-order valence-electron chi connectivity index (χ2n) is 9.41. The predicted molar refractivity (Wildman–Crippen MR) is 110 cm³/mol. The minimum atomic E-state index is -0.697. The number of likely N-dealkylation sites (tertiary alicyclic amines) is 1. The van der Waals surface area contributed by atoms with E-state index in [-0.39, 0.29) is 25.0 Å². The number of hydrogen-bond acceptors (Lipinski definition) is 8. The minimum absolute atomic E-state index is 0.0207. The van der Waals surface area contributed by atoms with Gasteiger partial charge in [-0.05, 0) is 41.5 Å². The van der Waals surface area contributed by atoms with Gasteiger partial charge in [-0.1, -0.05) is 0 Å². The zero-order valence-electron chi connectivity index (χ0n) is 18.8. The molecule has 1 unspecified atom stereocenters. The second-order valence-corrected chi connectivity index (χ2v) is 9.41. The SMILES string of the molecule is CC(C)(C)OC(=O)N1CC(=O)C(C#N)C1.CC(C)(C)OC(=O)N1Cc2[nH]nc(N)c2C1. The third kappa shape index (κ3) is 6.60. The van der Waals surface area contributed by atoms with Crippen LogP contribution in [0.4, 0.5) is 15.4 Å². The lowest BCUT2D eigenvalue weighted by Gasteiger charge is -2.24. The van der Waals surface area contributed by atoms with Crippen LogP contribution in [0.1, 0.15) is 52.8 Å². The van der Waals surface area contributed by atoms with Crippen LogP contribution < -0.4 is 5.73 Å². The van der Waals surface area contributed by atoms with E-state index < -0.39 is 23.2 Å². The summed E-state index contributed by atoms with van der Waals surface area (Å²) in [7, 11) is 0. The van der Waals surface area contributed by atoms with Gasteiger partial charge >= 0.3 is 12.2 Å². The van der Waals surface area contributed by atoms with Crippen LogP contribution in [0.15, 0.2) is 0 Å². The number of nitrogens with zero attached hydrogens (tertiary/aromatic N) is 4. The highest BCUT2D eigenvalue weighted by Crippen LogP contribution is 2.26. The number of hydrogen-bond donors (Lipinski definition) is 2. The molecule has 0 spiro atoms. The Bertz CT molecular complexity index is 889. The number of amides is 2. The van der Waals surface area contributed by atoms with Crippen molar-refractivity contribution in [2.24, 2.45) is 5.92 Å². The van der Waals surface area contributed by atoms with Crippen molar-refractivity contribution in [2.75, 3.05) is 18.8 Å². The van der Waals surface area contributed by atoms with E-state index in [0.29, 0.717) is 18.9 Å². The van der Waals surface area contributed by atoms with E-state index in [2.05, 4.69) is 10.2 Å². The number of Topliss-reactive ketones (excluding diaryl/α,β-unsaturated/α-hetero) is 1. The Labute approximate surface area is 181 Å². The van der Waals surface area contributed by atoms with E-state index in [9.17, 15) is 14.4 Å². The van der Waals surface area contributed by atoms with Crippen molar-refractivity contribution in [3.8, 4) is 6.07 Å². The number of ether oxygens (including phenoxy) is 2. The second kappa shape index (κ2) is 8.83. The van der Waals surface area contributed by atoms with Gasteiger partial charge in [-0.2, -0.15) is 10.4 Å². The average Bonchev–Trinajstić information content (AvgIpc) is 3.28. The zero-order valence-corrected chi connectivity index (χ0v) is 18.8. The highest BCUT2D eigenvalue weighted by Gasteiger charge is 2.35. The van der Waals surface area contributed by atoms with E-state index in [4.69, 9.17) is 20.5 Å². The molecule has 1 aromatic heterocycles. The Kier molecular flexibility index (Phi) is 6.83. The molecule has 1 fully saturated rings. The molecular formula is C20H30N6O5. The number of nitrogen functional groups attached to an aromatic ring is 1. The molecule has 3 heterocycles. The van der Waals surface area contributed by atoms with Gasteiger partial charge in [-0.15, -0.1) is 0 Å². The number of nitriles is 1. The van der Waals surface area contributed by atoms with Crippen LogP contribution in [0, 0.1) is 17.2 Å². The molecule has 0 aliphatic carbocycles. The lowest BCUT2D eigenvalue weighted by molar-refractivity contribution is -0.118. The highest BCUT2D eigenvalue weighted by atomic mass is 16.6. The minimum Gasteiger partial charge on any atom is -0.444 e. The number of fused-ring (bicyclic) bond motifs is 1. The van der Waals surface area contributed by atoms with Crippen LogP contribution in [0.2, 0.25) is 0 Å². The molecule has 3 rings (SSSR count). The third-order valence-electron chi connectivity index (χ3n) is 4.28. The summed E-state index contributed by atoms with van der Waals surface area (Å²) in [6.07, 6.45) is -0.856. The molecule has 0 radical (unpaired) electrons. The van der Waals surface area contributed by atoms with Crippen LogP contribution in [0.25, 0.3) is 0 Å². The van der Waals surface area contributed by atoms with Crippen molar-refractivity contribution in [1.29, 1.82) is 5.26 Å². The largest absolute Gasteiger partial charge is 0.444 e. The molecule has 3 N–H and O–H groups in total. The van der Waals surface area contributed by atoms with Crippen LogP contribution in [0.3, 0.4) is 0 Å². The maximum atomic E-state index is 11.8. The summed E-state index contributed by atoms with van der Waals surface area (Å²) in [5.41, 5.74) is 6.39. The number of H-pyrrole nitrogens is 1. The molecular weight excluding hydrogens is 404 g/mol. The van der Waals surface area contributed by atoms with Gasteiger partial charge in [0.05, 0.1) is 31.4 Å². The van der Waals surface area contributed by atoms with Gasteiger partial charge in [0, 0.05) is 12.1 Å². The van der Waals surface area contributed by atoms with Crippen molar-refractivity contribution < 1.29 is 23.9 Å². The summed E-state index contributed by atoms with van der Waals surface area (Å²) in [5.74, 6) is -0.457. The molecule has 2 aliphatic rings. The molecule has 11 heteroatoms. The fourth-order valence-corrected chi connectivity index (χ4v) is 2.88. The lowest BCUT2D eigenvalue weighted by atomic mass is 10.1. The van der Waals surface area contributed by atoms with Gasteiger partial charge in [-0.3, -0.25) is 19.7 Å². The normalized spacial score (nSPS) is 18.1. The standard InChI is InChI=1S/C10H16N4O2.C10H14N2O3/c1-10(2,3)16-9(15)14-4-6-7(5-14)12-13-8(6)11;1-10(2,3)15-9(14)12-5-7(4-11)8(13)6-12/h4-5H2,1-3H3,(H3,11,12,13);7H,5-6H2,1-3H3. The molecule has 0 bridgehead atoms. The topological polar surface area (TPSA) is 155 Å². The number of anilines is 1. The summed E-state index contributed by atoms with van der Waals surface area (Å²) in [6, 6.07) is 1.86. The smallest absolute Gasteiger partial charge is 0.410 e. The number of carbonyl (C=O) groups is 3. The number of carbonyl (C=O) groups excluding carboxylic acids is 3. The first kappa shape index (κ1) is 24.0. The number of aromatic nitrogens is 2. The van der Waals surface area contributed by atoms with Crippen molar-refractivity contribution in [2.45, 2.75) is 65.8 Å². The Balaban J connectivity index is 0.000000221. The first-order valence-electron chi connectivity index (χ1n) is 9.90. The number of rotatable bonds is 0. The van der Waals surface area contributed by atoms with Gasteiger partial charge in [0.1, 0.15) is 17.1 Å². The van der Waals surface area contributed by atoms with Gasteiger partial charge < -0.3 is 15.2 Å². The van der Waals surface area contributed by atoms with Gasteiger partial charge in [0.15, 0.2) is 11.6 Å². The predicted octanol–water partition coefficient (Wildman–Crippen LogP) is 2.19. The number of nitrogens with two attached hydrogens (primary N) is 1. The van der Waals surface area contributed by atoms with Crippen LogP contribution in [-0.4, -0.2) is 62.3 Å². The Morgan fingerprint density at radius 2 is 1.61 bits per heavy atom. The van der Waals surface area contributed by atoms with E-state index in [1.807, 2.05) is 26.8 Å². The highest BCUT2D eigenvalue weighted by molar-refractivity contribution is 5.91. The van der Waals surface area contributed by atoms with Crippen LogP contribution >= 0.6 is 0 Å². The monoisotopic (exact) mass is 434 g/mol. The maximum absolute atomic E-state index is 11.8. The summed E-state index contributed by atoms with van der Waals surface area (Å²) < 4.78 is 10.4. The quantitative estimate of drug-likeness (QED) is 0.629. The summed E-state index contributed by atoms with van der Waals surface area (Å²) >= 11 is 0. The van der Waals surface area contributed by atoms with Crippen molar-refractivity contribution in [3.05, 3.63) is 11.3 Å². The summed E-state index contributed by atoms with van der Waals surface area (Å²) in [5, 5.41) is 15.3. The summed E-state index contributed by atoms with van der Waals surface area (Å²) in [6.45, 7) is 11.9. The number of ketones is 1. The molecule has 1 atom stereocenters. The van der Waals surface area contributed by atoms with E-state index in [0.717, 1.165) is 11.3 Å². The van der Waals surface area contributed by atoms with Crippen LogP contribution in [-0.2, 0) is 27.4 Å². The Morgan fingerprint density at radius 3 is 2.06 bits per heavy atom. The molecule has 0 saturated carbocycles. The first-order chi connectivity index (χ1) is 14.2. The average molecular weight is 434 g/mol. The molecule has 1 saturated heterocycles. The fraction of sp³-hybridized carbons (Fsp3) is 0.650. The van der Waals surface area contributed by atoms with Crippen molar-refractivity contribution in [1.82, 2.24) is 20.0 Å². The fourth-order valence-electron chi connectivity index (χ4n) is 2.88. The van der Waals surface area contributed by atoms with Gasteiger partial charge in [0.2, 0.25) is 0 Å². The van der Waals surface area contributed by atoms with Crippen molar-refractivity contribution in [3.63, 3.8) is 0 Å². The molecule has 31 heavy (non-hydrogen) atoms. The summed E-state index contributed by atoms with van der Waals surface area (Å²) in [4.78, 5) is 37.4. The first-order valence-corrected chi connectivity index (χ1v) is 9.90. The molecule has 11 nitrogen and oxygen atoms in total. The number of aromatic amines is 1. The molecule has 2 amide bonds. The van der Waals surface area contributed by atoms with Crippen molar-refractivity contribution >= 4 is 23.8 Å². The molecule has 170 valence electrons. The maximum Gasteiger partial charge on any atom is 0.410 e. The van der Waals surface area contributed by atoms with Gasteiger partial charge in [-0.25, -0.2) is 9.59 Å². The number of nitrogens with one attached hydrogen (secondary N) is 1. The molecule has 1 aromatic rings. The van der Waals surface area contributed by atoms with E-state index in [1.54, 1.807) is 25.7 Å². The van der Waals surface area contributed by atoms with Gasteiger partial charge in [0.25, 0.3) is 0 Å². The van der Waals surface area contributed by atoms with E-state index >= 15 is 0 Å². The molecule has 2 aliphatic heterocycles. The van der Waals surface area contributed by atoms with E-state index in [1.165, 1.54) is 4.90 Å². The van der Waals surface area contributed by atoms with Crippen LogP contribution in [0.5, 0.6) is 0 Å². The Hall–Kier alpha value is -3.29. The molecule has 0 aromatic carbocycles. The lowest BCUT2D eigenvalue weighted by Crippen LogP contribution is -2.35. The zero-order chi connectivity index (χ0) is 23.6. The third-order valence-corrected chi connectivity index (χ3v) is 4.28.